The molecular formula is C13H17FN2O. The normalized spacial score (nSPS) is 20.6. The van der Waals surface area contributed by atoms with Crippen molar-refractivity contribution in [1.82, 2.24) is 5.32 Å². The second-order valence-corrected chi connectivity index (χ2v) is 4.45. The van der Waals surface area contributed by atoms with Crippen molar-refractivity contribution in [2.45, 2.75) is 32.2 Å². The van der Waals surface area contributed by atoms with E-state index in [9.17, 15) is 9.18 Å². The molecule has 1 unspecified atom stereocenters. The van der Waals surface area contributed by atoms with Crippen molar-refractivity contribution in [3.05, 3.63) is 29.6 Å². The van der Waals surface area contributed by atoms with Crippen LogP contribution >= 0.6 is 0 Å². The van der Waals surface area contributed by atoms with E-state index in [4.69, 9.17) is 0 Å². The van der Waals surface area contributed by atoms with E-state index in [2.05, 4.69) is 10.6 Å². The van der Waals surface area contributed by atoms with Gasteiger partial charge in [-0.25, -0.2) is 4.39 Å². The van der Waals surface area contributed by atoms with Crippen LogP contribution in [0.15, 0.2) is 18.2 Å². The number of carbonyl (C=O) groups excluding carboxylic acids is 1. The van der Waals surface area contributed by atoms with Crippen molar-refractivity contribution in [1.29, 1.82) is 0 Å². The maximum Gasteiger partial charge on any atom is 0.222 e. The van der Waals surface area contributed by atoms with Gasteiger partial charge in [0.2, 0.25) is 5.91 Å². The minimum atomic E-state index is -0.215. The molecule has 3 nitrogen and oxygen atoms in total. The summed E-state index contributed by atoms with van der Waals surface area (Å²) in [6.45, 7) is 2.48. The molecule has 0 aromatic heterocycles. The van der Waals surface area contributed by atoms with Crippen LogP contribution in [0.5, 0.6) is 0 Å². The molecule has 1 aliphatic rings. The quantitative estimate of drug-likeness (QED) is 0.826. The van der Waals surface area contributed by atoms with Gasteiger partial charge in [-0.1, -0.05) is 6.07 Å². The molecule has 0 spiro atoms. The lowest BCUT2D eigenvalue weighted by atomic mass is 10.1. The van der Waals surface area contributed by atoms with E-state index in [-0.39, 0.29) is 17.8 Å². The molecule has 1 saturated heterocycles. The van der Waals surface area contributed by atoms with Crippen LogP contribution in [0.25, 0.3) is 0 Å². The first-order chi connectivity index (χ1) is 8.16. The molecular weight excluding hydrogens is 219 g/mol. The van der Waals surface area contributed by atoms with E-state index in [0.29, 0.717) is 12.0 Å². The van der Waals surface area contributed by atoms with E-state index in [0.717, 1.165) is 25.1 Å². The van der Waals surface area contributed by atoms with E-state index in [1.54, 1.807) is 13.0 Å². The lowest BCUT2D eigenvalue weighted by Crippen LogP contribution is -2.27. The lowest BCUT2D eigenvalue weighted by molar-refractivity contribution is -0.120. The third-order valence-electron chi connectivity index (χ3n) is 3.11. The Bertz CT molecular complexity index is 420. The SMILES string of the molecule is Cc1c(F)cccc1NC1CCCNC(=O)C1. The zero-order valence-electron chi connectivity index (χ0n) is 9.92. The lowest BCUT2D eigenvalue weighted by Gasteiger charge is -2.18. The highest BCUT2D eigenvalue weighted by molar-refractivity contribution is 5.77. The fraction of sp³-hybridized carbons (Fsp3) is 0.462. The maximum absolute atomic E-state index is 13.4. The maximum atomic E-state index is 13.4. The molecule has 1 atom stereocenters. The number of amides is 1. The highest BCUT2D eigenvalue weighted by Gasteiger charge is 2.17. The number of rotatable bonds is 2. The smallest absolute Gasteiger partial charge is 0.222 e. The summed E-state index contributed by atoms with van der Waals surface area (Å²) < 4.78 is 13.4. The molecule has 2 rings (SSSR count). The zero-order valence-corrected chi connectivity index (χ0v) is 9.92. The fourth-order valence-electron chi connectivity index (χ4n) is 2.08. The van der Waals surface area contributed by atoms with Crippen molar-refractivity contribution in [2.75, 3.05) is 11.9 Å². The Morgan fingerprint density at radius 3 is 3.12 bits per heavy atom. The Labute approximate surface area is 100 Å². The van der Waals surface area contributed by atoms with Crippen LogP contribution in [0.3, 0.4) is 0 Å². The molecule has 2 N–H and O–H groups in total. The van der Waals surface area contributed by atoms with Gasteiger partial charge >= 0.3 is 0 Å². The van der Waals surface area contributed by atoms with Crippen molar-refractivity contribution >= 4 is 11.6 Å². The number of nitrogens with one attached hydrogen (secondary N) is 2. The van der Waals surface area contributed by atoms with Crippen molar-refractivity contribution < 1.29 is 9.18 Å². The predicted octanol–water partition coefficient (Wildman–Crippen LogP) is 2.21. The number of halogens is 1. The molecule has 92 valence electrons. The summed E-state index contributed by atoms with van der Waals surface area (Å²) in [5, 5.41) is 6.09. The first kappa shape index (κ1) is 11.9. The molecule has 1 aromatic rings. The van der Waals surface area contributed by atoms with Gasteiger partial charge in [0, 0.05) is 30.3 Å². The largest absolute Gasteiger partial charge is 0.381 e. The first-order valence-electron chi connectivity index (χ1n) is 5.95. The predicted molar refractivity (Wildman–Crippen MR) is 65.4 cm³/mol. The van der Waals surface area contributed by atoms with Crippen LogP contribution in [0.2, 0.25) is 0 Å². The van der Waals surface area contributed by atoms with Crippen molar-refractivity contribution in [3.8, 4) is 0 Å². The summed E-state index contributed by atoms with van der Waals surface area (Å²) in [7, 11) is 0. The molecule has 1 heterocycles. The molecule has 0 aliphatic carbocycles. The summed E-state index contributed by atoms with van der Waals surface area (Å²) >= 11 is 0. The van der Waals surface area contributed by atoms with Crippen LogP contribution < -0.4 is 10.6 Å². The Hall–Kier alpha value is -1.58. The van der Waals surface area contributed by atoms with Crippen molar-refractivity contribution in [3.63, 3.8) is 0 Å². The number of carbonyl (C=O) groups is 1. The average molecular weight is 236 g/mol. The third kappa shape index (κ3) is 2.96. The monoisotopic (exact) mass is 236 g/mol. The van der Waals surface area contributed by atoms with Crippen LogP contribution in [-0.4, -0.2) is 18.5 Å². The molecule has 1 fully saturated rings. The van der Waals surface area contributed by atoms with Crippen molar-refractivity contribution in [2.24, 2.45) is 0 Å². The molecule has 1 aliphatic heterocycles. The van der Waals surface area contributed by atoms with Gasteiger partial charge < -0.3 is 10.6 Å². The summed E-state index contributed by atoms with van der Waals surface area (Å²) in [6.07, 6.45) is 2.34. The second-order valence-electron chi connectivity index (χ2n) is 4.45. The standard InChI is InChI=1S/C13H17FN2O/c1-9-11(14)5-2-6-12(9)16-10-4-3-7-15-13(17)8-10/h2,5-6,10,16H,3-4,7-8H2,1H3,(H,15,17). The zero-order chi connectivity index (χ0) is 12.3. The number of hydrogen-bond donors (Lipinski definition) is 2. The molecule has 17 heavy (non-hydrogen) atoms. The molecule has 1 aromatic carbocycles. The second kappa shape index (κ2) is 5.17. The van der Waals surface area contributed by atoms with Gasteiger partial charge in [0.05, 0.1) is 0 Å². The van der Waals surface area contributed by atoms with E-state index >= 15 is 0 Å². The van der Waals surface area contributed by atoms with E-state index in [1.807, 2.05) is 6.07 Å². The van der Waals surface area contributed by atoms with Gasteiger partial charge in [-0.3, -0.25) is 4.79 Å². The molecule has 1 amide bonds. The van der Waals surface area contributed by atoms with Gasteiger partial charge in [0.25, 0.3) is 0 Å². The summed E-state index contributed by atoms with van der Waals surface area (Å²) in [5.74, 6) is -0.151. The average Bonchev–Trinajstić information content (AvgIpc) is 2.49. The van der Waals surface area contributed by atoms with E-state index < -0.39 is 0 Å². The topological polar surface area (TPSA) is 41.1 Å². The van der Waals surface area contributed by atoms with Crippen LogP contribution in [-0.2, 0) is 4.79 Å². The number of hydrogen-bond acceptors (Lipinski definition) is 2. The Balaban J connectivity index is 2.09. The van der Waals surface area contributed by atoms with Gasteiger partial charge in [0.1, 0.15) is 5.82 Å². The fourth-order valence-corrected chi connectivity index (χ4v) is 2.08. The summed E-state index contributed by atoms with van der Waals surface area (Å²) in [6, 6.07) is 5.07. The van der Waals surface area contributed by atoms with Crippen LogP contribution in [0, 0.1) is 12.7 Å². The Morgan fingerprint density at radius 1 is 1.47 bits per heavy atom. The van der Waals surface area contributed by atoms with Gasteiger partial charge in [-0.2, -0.15) is 0 Å². The van der Waals surface area contributed by atoms with Gasteiger partial charge in [0.15, 0.2) is 0 Å². The van der Waals surface area contributed by atoms with Crippen LogP contribution in [0.4, 0.5) is 10.1 Å². The third-order valence-corrected chi connectivity index (χ3v) is 3.11. The number of anilines is 1. The van der Waals surface area contributed by atoms with E-state index in [1.165, 1.54) is 6.07 Å². The minimum absolute atomic E-state index is 0.0639. The van der Waals surface area contributed by atoms with Gasteiger partial charge in [-0.15, -0.1) is 0 Å². The Morgan fingerprint density at radius 2 is 2.29 bits per heavy atom. The molecule has 0 bridgehead atoms. The van der Waals surface area contributed by atoms with Crippen LogP contribution in [0.1, 0.15) is 24.8 Å². The highest BCUT2D eigenvalue weighted by atomic mass is 19.1. The Kier molecular flexibility index (Phi) is 3.61. The minimum Gasteiger partial charge on any atom is -0.381 e. The molecule has 0 saturated carbocycles. The first-order valence-corrected chi connectivity index (χ1v) is 5.95. The number of benzene rings is 1. The summed E-state index contributed by atoms with van der Waals surface area (Å²) in [5.41, 5.74) is 1.39. The summed E-state index contributed by atoms with van der Waals surface area (Å²) in [4.78, 5) is 11.4. The molecule has 4 heteroatoms. The molecule has 0 radical (unpaired) electrons. The highest BCUT2D eigenvalue weighted by Crippen LogP contribution is 2.20. The van der Waals surface area contributed by atoms with Gasteiger partial charge in [-0.05, 0) is 31.9 Å².